The molecule has 0 unspecified atom stereocenters. The van der Waals surface area contributed by atoms with Crippen LogP contribution in [0.15, 0.2) is 60.8 Å². The van der Waals surface area contributed by atoms with E-state index in [1.54, 1.807) is 0 Å². The lowest BCUT2D eigenvalue weighted by molar-refractivity contribution is 0.0981. The molecule has 116 valence electrons. The van der Waals surface area contributed by atoms with E-state index in [1.807, 2.05) is 48.7 Å². The Morgan fingerprint density at radius 3 is 2.75 bits per heavy atom. The van der Waals surface area contributed by atoms with Gasteiger partial charge in [0, 0.05) is 35.5 Å². The van der Waals surface area contributed by atoms with Gasteiger partial charge in [-0.05, 0) is 24.3 Å². The minimum absolute atomic E-state index is 0.199. The summed E-state index contributed by atoms with van der Waals surface area (Å²) in [5.74, 6) is 1.08. The Morgan fingerprint density at radius 2 is 1.79 bits per heavy atom. The molecule has 24 heavy (non-hydrogen) atoms. The Morgan fingerprint density at radius 1 is 0.958 bits per heavy atom. The summed E-state index contributed by atoms with van der Waals surface area (Å²) in [4.78, 5) is 22.6. The van der Waals surface area contributed by atoms with E-state index in [0.29, 0.717) is 13.0 Å². The first-order chi connectivity index (χ1) is 11.8. The smallest absolute Gasteiger partial charge is 0.166 e. The summed E-state index contributed by atoms with van der Waals surface area (Å²) in [5.41, 5.74) is 3.69. The number of pyridine rings is 1. The summed E-state index contributed by atoms with van der Waals surface area (Å²) in [6, 6.07) is 18.0. The van der Waals surface area contributed by atoms with Crippen molar-refractivity contribution in [2.75, 3.05) is 11.4 Å². The van der Waals surface area contributed by atoms with Crippen LogP contribution in [0.5, 0.6) is 0 Å². The van der Waals surface area contributed by atoms with Gasteiger partial charge >= 0.3 is 0 Å². The quantitative estimate of drug-likeness (QED) is 0.565. The zero-order valence-electron chi connectivity index (χ0n) is 13.0. The van der Waals surface area contributed by atoms with Crippen LogP contribution in [0.25, 0.3) is 21.8 Å². The van der Waals surface area contributed by atoms with Crippen LogP contribution in [-0.2, 0) is 0 Å². The number of rotatable bonds is 1. The molecule has 1 N–H and O–H groups in total. The molecular weight excluding hydrogens is 298 g/mol. The monoisotopic (exact) mass is 313 g/mol. The number of nitrogens with one attached hydrogen (secondary N) is 1. The second-order valence-corrected chi connectivity index (χ2v) is 6.06. The van der Waals surface area contributed by atoms with Crippen molar-refractivity contribution in [2.45, 2.75) is 6.42 Å². The molecule has 0 amide bonds. The highest BCUT2D eigenvalue weighted by atomic mass is 16.1. The van der Waals surface area contributed by atoms with Gasteiger partial charge in [0.2, 0.25) is 0 Å². The van der Waals surface area contributed by atoms with Crippen molar-refractivity contribution >= 4 is 39.1 Å². The van der Waals surface area contributed by atoms with Crippen molar-refractivity contribution in [1.82, 2.24) is 9.97 Å². The fourth-order valence-corrected chi connectivity index (χ4v) is 3.58. The molecule has 4 nitrogen and oxygen atoms in total. The molecule has 0 saturated heterocycles. The number of Topliss-reactive ketones (excluding diaryl/α,β-unsaturated/α-hetero) is 1. The molecule has 0 aliphatic carbocycles. The number of nitrogens with zero attached hydrogens (tertiary/aromatic N) is 2. The number of aromatic amines is 1. The van der Waals surface area contributed by atoms with Crippen LogP contribution < -0.4 is 4.90 Å². The molecule has 4 heteroatoms. The molecule has 0 saturated carbocycles. The molecule has 2 aromatic heterocycles. The Bertz CT molecular complexity index is 1100. The average Bonchev–Trinajstić information content (AvgIpc) is 3.12. The van der Waals surface area contributed by atoms with Gasteiger partial charge in [0.25, 0.3) is 0 Å². The summed E-state index contributed by atoms with van der Waals surface area (Å²) in [6.07, 6.45) is 2.46. The third kappa shape index (κ3) is 1.80. The molecule has 0 fully saturated rings. The predicted octanol–water partition coefficient (Wildman–Crippen LogP) is 4.44. The first-order valence-electron chi connectivity index (χ1n) is 8.08. The number of hydrogen-bond acceptors (Lipinski definition) is 3. The Hall–Kier alpha value is -3.14. The van der Waals surface area contributed by atoms with Crippen LogP contribution >= 0.6 is 0 Å². The topological polar surface area (TPSA) is 49.0 Å². The molecule has 4 aromatic rings. The maximum Gasteiger partial charge on any atom is 0.166 e. The van der Waals surface area contributed by atoms with Crippen LogP contribution in [0.2, 0.25) is 0 Å². The molecule has 0 radical (unpaired) electrons. The van der Waals surface area contributed by atoms with E-state index < -0.39 is 0 Å². The van der Waals surface area contributed by atoms with Crippen molar-refractivity contribution in [3.8, 4) is 0 Å². The minimum Gasteiger partial charge on any atom is -0.358 e. The number of para-hydroxylation sites is 2. The van der Waals surface area contributed by atoms with Gasteiger partial charge in [-0.15, -0.1) is 0 Å². The van der Waals surface area contributed by atoms with Crippen LogP contribution in [0.1, 0.15) is 16.8 Å². The number of carbonyl (C=O) groups is 1. The third-order valence-corrected chi connectivity index (χ3v) is 4.70. The summed E-state index contributed by atoms with van der Waals surface area (Å²) in [5, 5.41) is 2.30. The molecular formula is C20H15N3O. The van der Waals surface area contributed by atoms with Gasteiger partial charge in [-0.2, -0.15) is 0 Å². The minimum atomic E-state index is 0.199. The van der Waals surface area contributed by atoms with E-state index in [4.69, 9.17) is 4.98 Å². The molecule has 5 rings (SSSR count). The summed E-state index contributed by atoms with van der Waals surface area (Å²) in [6.45, 7) is 0.648. The van der Waals surface area contributed by atoms with Crippen LogP contribution in [0.4, 0.5) is 11.5 Å². The fourth-order valence-electron chi connectivity index (χ4n) is 3.58. The maximum absolute atomic E-state index is 12.2. The Kier molecular flexibility index (Phi) is 2.73. The standard InChI is InChI=1S/C20H15N3O/c24-18-10-12-23(17-8-4-2-6-15(17)18)20-19-14(9-11-21-19)13-5-1-3-7-16(13)22-20/h1-9,11,21H,10,12H2. The highest BCUT2D eigenvalue weighted by molar-refractivity contribution is 6.11. The van der Waals surface area contributed by atoms with E-state index >= 15 is 0 Å². The zero-order valence-corrected chi connectivity index (χ0v) is 13.0. The molecule has 1 aliphatic heterocycles. The van der Waals surface area contributed by atoms with Gasteiger partial charge in [-0.1, -0.05) is 30.3 Å². The highest BCUT2D eigenvalue weighted by Crippen LogP contribution is 2.37. The van der Waals surface area contributed by atoms with Crippen molar-refractivity contribution in [3.63, 3.8) is 0 Å². The first kappa shape index (κ1) is 13.3. The SMILES string of the molecule is O=C1CCN(c2nc3ccccc3c3cc[nH]c23)c2ccccc21. The second-order valence-electron chi connectivity index (χ2n) is 6.06. The van der Waals surface area contributed by atoms with Crippen molar-refractivity contribution in [1.29, 1.82) is 0 Å². The van der Waals surface area contributed by atoms with E-state index in [1.165, 1.54) is 0 Å². The number of ketones is 1. The fraction of sp³-hybridized carbons (Fsp3) is 0.100. The number of aromatic nitrogens is 2. The summed E-state index contributed by atoms with van der Waals surface area (Å²) in [7, 11) is 0. The molecule has 3 heterocycles. The van der Waals surface area contributed by atoms with Gasteiger partial charge < -0.3 is 9.88 Å². The normalized spacial score (nSPS) is 14.3. The van der Waals surface area contributed by atoms with E-state index in [2.05, 4.69) is 22.0 Å². The van der Waals surface area contributed by atoms with Gasteiger partial charge in [0.05, 0.1) is 16.7 Å². The number of hydrogen-bond donors (Lipinski definition) is 1. The largest absolute Gasteiger partial charge is 0.358 e. The maximum atomic E-state index is 12.2. The van der Waals surface area contributed by atoms with E-state index in [-0.39, 0.29) is 5.78 Å². The highest BCUT2D eigenvalue weighted by Gasteiger charge is 2.26. The Labute approximate surface area is 138 Å². The Balaban J connectivity index is 1.82. The van der Waals surface area contributed by atoms with Crippen molar-refractivity contribution < 1.29 is 4.79 Å². The summed E-state index contributed by atoms with van der Waals surface area (Å²) < 4.78 is 0. The van der Waals surface area contributed by atoms with Crippen LogP contribution in [0.3, 0.4) is 0 Å². The first-order valence-corrected chi connectivity index (χ1v) is 8.08. The van der Waals surface area contributed by atoms with Gasteiger partial charge in [0.15, 0.2) is 11.6 Å². The van der Waals surface area contributed by atoms with E-state index in [0.717, 1.165) is 38.9 Å². The van der Waals surface area contributed by atoms with Gasteiger partial charge in [-0.3, -0.25) is 4.79 Å². The van der Waals surface area contributed by atoms with Crippen LogP contribution in [-0.4, -0.2) is 22.3 Å². The van der Waals surface area contributed by atoms with Crippen molar-refractivity contribution in [3.05, 3.63) is 66.4 Å². The van der Waals surface area contributed by atoms with Crippen LogP contribution in [0, 0.1) is 0 Å². The van der Waals surface area contributed by atoms with Gasteiger partial charge in [-0.25, -0.2) is 4.98 Å². The molecule has 2 aromatic carbocycles. The lowest BCUT2D eigenvalue weighted by Crippen LogP contribution is -2.28. The number of anilines is 2. The molecule has 1 aliphatic rings. The van der Waals surface area contributed by atoms with E-state index in [9.17, 15) is 4.79 Å². The number of H-pyrrole nitrogens is 1. The molecule has 0 bridgehead atoms. The number of fused-ring (bicyclic) bond motifs is 4. The molecule has 0 spiro atoms. The second kappa shape index (κ2) is 4.93. The average molecular weight is 313 g/mol. The third-order valence-electron chi connectivity index (χ3n) is 4.70. The lowest BCUT2D eigenvalue weighted by atomic mass is 10.00. The lowest BCUT2D eigenvalue weighted by Gasteiger charge is -2.30. The number of carbonyl (C=O) groups excluding carboxylic acids is 1. The zero-order chi connectivity index (χ0) is 16.1. The predicted molar refractivity (Wildman–Crippen MR) is 96.0 cm³/mol. The molecule has 0 atom stereocenters. The van der Waals surface area contributed by atoms with Gasteiger partial charge in [0.1, 0.15) is 0 Å². The number of benzene rings is 2. The summed E-state index contributed by atoms with van der Waals surface area (Å²) >= 11 is 0. The van der Waals surface area contributed by atoms with Crippen molar-refractivity contribution in [2.24, 2.45) is 0 Å².